The van der Waals surface area contributed by atoms with E-state index in [-0.39, 0.29) is 0 Å². The van der Waals surface area contributed by atoms with Crippen LogP contribution in [0.1, 0.15) is 25.3 Å². The lowest BCUT2D eigenvalue weighted by atomic mass is 9.98. The van der Waals surface area contributed by atoms with Gasteiger partial charge < -0.3 is 15.2 Å². The Kier molecular flexibility index (Phi) is 3.97. The predicted octanol–water partition coefficient (Wildman–Crippen LogP) is 1.72. The summed E-state index contributed by atoms with van der Waals surface area (Å²) in [4.78, 5) is 0. The molecular weight excluding hydrogens is 222 g/mol. The summed E-state index contributed by atoms with van der Waals surface area (Å²) in [5.41, 5.74) is 0.232. The van der Waals surface area contributed by atoms with Crippen LogP contribution in [0.2, 0.25) is 0 Å². The molecule has 1 atom stereocenters. The highest BCUT2D eigenvalue weighted by Gasteiger charge is 2.25. The molecule has 0 saturated carbocycles. The Morgan fingerprint density at radius 2 is 2.31 bits per heavy atom. The van der Waals surface area contributed by atoms with Crippen LogP contribution in [-0.2, 0) is 10.3 Å². The van der Waals surface area contributed by atoms with Gasteiger partial charge in [-0.2, -0.15) is 11.3 Å². The minimum atomic E-state index is -0.766. The van der Waals surface area contributed by atoms with Crippen LogP contribution in [-0.4, -0.2) is 30.9 Å². The molecule has 1 unspecified atom stereocenters. The first kappa shape index (κ1) is 12.0. The van der Waals surface area contributed by atoms with Crippen molar-refractivity contribution in [3.63, 3.8) is 0 Å². The summed E-state index contributed by atoms with van der Waals surface area (Å²) in [6.45, 7) is 4.13. The van der Waals surface area contributed by atoms with Crippen molar-refractivity contribution in [1.29, 1.82) is 0 Å². The minimum absolute atomic E-state index is 0.485. The number of aliphatic hydroxyl groups is 1. The van der Waals surface area contributed by atoms with Crippen LogP contribution in [0.4, 0.5) is 0 Å². The van der Waals surface area contributed by atoms with Crippen molar-refractivity contribution in [3.05, 3.63) is 22.4 Å². The van der Waals surface area contributed by atoms with Gasteiger partial charge in [0.1, 0.15) is 0 Å². The second kappa shape index (κ2) is 5.27. The number of hydrogen-bond acceptors (Lipinski definition) is 4. The van der Waals surface area contributed by atoms with Gasteiger partial charge in [0.15, 0.2) is 0 Å². The van der Waals surface area contributed by atoms with Crippen LogP contribution in [0.25, 0.3) is 0 Å². The smallest absolute Gasteiger partial charge is 0.1000 e. The Labute approximate surface area is 100 Å². The summed E-state index contributed by atoms with van der Waals surface area (Å²) in [5.74, 6) is 0. The standard InChI is InChI=1S/C12H19NO2S/c1-12(14,10-4-7-16-8-10)9-13-11-2-5-15-6-3-11/h4,7-8,11,13-14H,2-3,5-6,9H2,1H3. The van der Waals surface area contributed by atoms with E-state index in [0.29, 0.717) is 12.6 Å². The highest BCUT2D eigenvalue weighted by molar-refractivity contribution is 7.08. The molecule has 1 aliphatic rings. The normalized spacial score (nSPS) is 21.9. The Hall–Kier alpha value is -0.420. The maximum Gasteiger partial charge on any atom is 0.1000 e. The van der Waals surface area contributed by atoms with Gasteiger partial charge in [-0.3, -0.25) is 0 Å². The van der Waals surface area contributed by atoms with Crippen LogP contribution in [0.5, 0.6) is 0 Å². The van der Waals surface area contributed by atoms with E-state index in [9.17, 15) is 5.11 Å². The molecule has 3 nitrogen and oxygen atoms in total. The number of thiophene rings is 1. The molecule has 1 fully saturated rings. The third-order valence-corrected chi connectivity index (χ3v) is 3.78. The zero-order chi connectivity index (χ0) is 11.4. The van der Waals surface area contributed by atoms with Gasteiger partial charge in [0.05, 0.1) is 5.60 Å². The number of rotatable bonds is 4. The van der Waals surface area contributed by atoms with E-state index >= 15 is 0 Å². The lowest BCUT2D eigenvalue weighted by molar-refractivity contribution is 0.0386. The second-order valence-electron chi connectivity index (χ2n) is 4.55. The molecule has 2 N–H and O–H groups in total. The van der Waals surface area contributed by atoms with Crippen LogP contribution in [0, 0.1) is 0 Å². The molecule has 1 aliphatic heterocycles. The highest BCUT2D eigenvalue weighted by Crippen LogP contribution is 2.22. The molecule has 0 amide bonds. The molecule has 0 spiro atoms. The van der Waals surface area contributed by atoms with E-state index in [2.05, 4.69) is 5.32 Å². The first-order chi connectivity index (χ1) is 7.68. The van der Waals surface area contributed by atoms with Gasteiger partial charge in [-0.15, -0.1) is 0 Å². The summed E-state index contributed by atoms with van der Waals surface area (Å²) in [6.07, 6.45) is 2.08. The van der Waals surface area contributed by atoms with E-state index in [1.807, 2.05) is 23.8 Å². The molecule has 1 aromatic rings. The zero-order valence-corrected chi connectivity index (χ0v) is 10.4. The lowest BCUT2D eigenvalue weighted by Gasteiger charge is -2.29. The van der Waals surface area contributed by atoms with Gasteiger partial charge >= 0.3 is 0 Å². The topological polar surface area (TPSA) is 41.5 Å². The molecule has 0 aromatic carbocycles. The SMILES string of the molecule is CC(O)(CNC1CCOCC1)c1ccsc1. The van der Waals surface area contributed by atoms with Crippen LogP contribution < -0.4 is 5.32 Å². The average molecular weight is 241 g/mol. The number of ether oxygens (including phenoxy) is 1. The van der Waals surface area contributed by atoms with Crippen molar-refractivity contribution in [2.75, 3.05) is 19.8 Å². The molecule has 1 aromatic heterocycles. The Balaban J connectivity index is 1.84. The van der Waals surface area contributed by atoms with Crippen molar-refractivity contribution < 1.29 is 9.84 Å². The Morgan fingerprint density at radius 3 is 2.94 bits per heavy atom. The summed E-state index contributed by atoms with van der Waals surface area (Å²) in [5, 5.41) is 17.7. The summed E-state index contributed by atoms with van der Waals surface area (Å²) in [7, 11) is 0. The molecular formula is C12H19NO2S. The van der Waals surface area contributed by atoms with Crippen LogP contribution in [0.15, 0.2) is 16.8 Å². The molecule has 0 radical (unpaired) electrons. The van der Waals surface area contributed by atoms with E-state index in [4.69, 9.17) is 4.74 Å². The zero-order valence-electron chi connectivity index (χ0n) is 9.61. The van der Waals surface area contributed by atoms with Gasteiger partial charge in [0.25, 0.3) is 0 Å². The fourth-order valence-electron chi connectivity index (χ4n) is 1.92. The monoisotopic (exact) mass is 241 g/mol. The molecule has 0 bridgehead atoms. The minimum Gasteiger partial charge on any atom is -0.384 e. The highest BCUT2D eigenvalue weighted by atomic mass is 32.1. The molecule has 0 aliphatic carbocycles. The third kappa shape index (κ3) is 3.04. The number of nitrogens with one attached hydrogen (secondary N) is 1. The van der Waals surface area contributed by atoms with Crippen molar-refractivity contribution in [3.8, 4) is 0 Å². The summed E-state index contributed by atoms with van der Waals surface area (Å²) in [6, 6.07) is 2.47. The molecule has 4 heteroatoms. The largest absolute Gasteiger partial charge is 0.384 e. The maximum absolute atomic E-state index is 10.3. The van der Waals surface area contributed by atoms with E-state index < -0.39 is 5.60 Å². The second-order valence-corrected chi connectivity index (χ2v) is 5.33. The average Bonchev–Trinajstić information content (AvgIpc) is 2.82. The van der Waals surface area contributed by atoms with Crippen molar-refractivity contribution >= 4 is 11.3 Å². The van der Waals surface area contributed by atoms with E-state index in [1.165, 1.54) is 0 Å². The van der Waals surface area contributed by atoms with Crippen molar-refractivity contribution in [2.45, 2.75) is 31.4 Å². The first-order valence-electron chi connectivity index (χ1n) is 5.75. The third-order valence-electron chi connectivity index (χ3n) is 3.10. The van der Waals surface area contributed by atoms with E-state index in [1.54, 1.807) is 11.3 Å². The molecule has 2 heterocycles. The van der Waals surface area contributed by atoms with Crippen molar-refractivity contribution in [1.82, 2.24) is 5.32 Å². The molecule has 16 heavy (non-hydrogen) atoms. The van der Waals surface area contributed by atoms with Gasteiger partial charge in [-0.1, -0.05) is 0 Å². The van der Waals surface area contributed by atoms with Gasteiger partial charge in [-0.05, 0) is 42.2 Å². The number of hydrogen-bond donors (Lipinski definition) is 2. The molecule has 90 valence electrons. The van der Waals surface area contributed by atoms with Gasteiger partial charge in [0.2, 0.25) is 0 Å². The Bertz CT molecular complexity index is 305. The lowest BCUT2D eigenvalue weighted by Crippen LogP contribution is -2.42. The Morgan fingerprint density at radius 1 is 1.56 bits per heavy atom. The first-order valence-corrected chi connectivity index (χ1v) is 6.69. The molecule has 2 rings (SSSR count). The van der Waals surface area contributed by atoms with Crippen LogP contribution >= 0.6 is 11.3 Å². The van der Waals surface area contributed by atoms with Crippen LogP contribution in [0.3, 0.4) is 0 Å². The summed E-state index contributed by atoms with van der Waals surface area (Å²) >= 11 is 1.62. The fourth-order valence-corrected chi connectivity index (χ4v) is 2.70. The summed E-state index contributed by atoms with van der Waals surface area (Å²) < 4.78 is 5.30. The van der Waals surface area contributed by atoms with Gasteiger partial charge in [0, 0.05) is 25.8 Å². The van der Waals surface area contributed by atoms with Gasteiger partial charge in [-0.25, -0.2) is 0 Å². The predicted molar refractivity (Wildman–Crippen MR) is 65.7 cm³/mol. The fraction of sp³-hybridized carbons (Fsp3) is 0.667. The maximum atomic E-state index is 10.3. The molecule has 1 saturated heterocycles. The van der Waals surface area contributed by atoms with Crippen molar-refractivity contribution in [2.24, 2.45) is 0 Å². The van der Waals surface area contributed by atoms with E-state index in [0.717, 1.165) is 31.6 Å². The quantitative estimate of drug-likeness (QED) is 0.843.